The number of fused-ring (bicyclic) bond motifs is 1. The van der Waals surface area contributed by atoms with Gasteiger partial charge in [0.05, 0.1) is 5.69 Å². The van der Waals surface area contributed by atoms with E-state index in [2.05, 4.69) is 4.99 Å². The number of nitrogens with zero attached hydrogens (tertiary/aromatic N) is 1. The summed E-state index contributed by atoms with van der Waals surface area (Å²) in [6.45, 7) is 0. The van der Waals surface area contributed by atoms with Crippen molar-refractivity contribution in [3.05, 3.63) is 65.2 Å². The molecule has 3 rings (SSSR count). The lowest BCUT2D eigenvalue weighted by Crippen LogP contribution is -2.01. The fraction of sp³-hybridized carbons (Fsp3) is 0.0667. The topological polar surface area (TPSA) is 29.4 Å². The molecule has 82 valence electrons. The number of hydrogen-bond donors (Lipinski definition) is 0. The molecule has 1 heterocycles. The van der Waals surface area contributed by atoms with Crippen LogP contribution in [0.15, 0.2) is 53.5 Å². The Balaban J connectivity index is 1.98. The fourth-order valence-electron chi connectivity index (χ4n) is 2.01. The van der Waals surface area contributed by atoms with Gasteiger partial charge in [-0.25, -0.2) is 0 Å². The van der Waals surface area contributed by atoms with E-state index < -0.39 is 0 Å². The van der Waals surface area contributed by atoms with Gasteiger partial charge >= 0.3 is 0 Å². The maximum atomic E-state index is 12.2. The van der Waals surface area contributed by atoms with Crippen LogP contribution in [0.1, 0.15) is 21.5 Å². The van der Waals surface area contributed by atoms with Gasteiger partial charge < -0.3 is 0 Å². The fourth-order valence-corrected chi connectivity index (χ4v) is 2.01. The lowest BCUT2D eigenvalue weighted by atomic mass is 10.0. The number of carbonyl (C=O) groups excluding carboxylic acids is 1. The van der Waals surface area contributed by atoms with Crippen molar-refractivity contribution in [3.8, 4) is 0 Å². The van der Waals surface area contributed by atoms with E-state index in [-0.39, 0.29) is 5.78 Å². The molecule has 1 aliphatic heterocycles. The predicted octanol–water partition coefficient (Wildman–Crippen LogP) is 3.18. The zero-order valence-electron chi connectivity index (χ0n) is 9.26. The summed E-state index contributed by atoms with van der Waals surface area (Å²) in [4.78, 5) is 16.4. The molecule has 2 heteroatoms. The zero-order valence-corrected chi connectivity index (χ0v) is 9.26. The monoisotopic (exact) mass is 221 g/mol. The van der Waals surface area contributed by atoms with Crippen LogP contribution in [0.2, 0.25) is 0 Å². The minimum Gasteiger partial charge on any atom is -0.289 e. The first-order valence-electron chi connectivity index (χ1n) is 5.60. The molecule has 17 heavy (non-hydrogen) atoms. The van der Waals surface area contributed by atoms with Gasteiger partial charge in [0.1, 0.15) is 0 Å². The van der Waals surface area contributed by atoms with Crippen LogP contribution in [0.25, 0.3) is 0 Å². The van der Waals surface area contributed by atoms with Gasteiger partial charge in [-0.2, -0.15) is 0 Å². The summed E-state index contributed by atoms with van der Waals surface area (Å²) in [5.74, 6) is 0.0697. The Morgan fingerprint density at radius 1 is 1.00 bits per heavy atom. The summed E-state index contributed by atoms with van der Waals surface area (Å²) < 4.78 is 0. The summed E-state index contributed by atoms with van der Waals surface area (Å²) in [6.07, 6.45) is 2.70. The Kier molecular flexibility index (Phi) is 2.33. The van der Waals surface area contributed by atoms with E-state index in [4.69, 9.17) is 0 Å². The van der Waals surface area contributed by atoms with Crippen molar-refractivity contribution >= 4 is 17.7 Å². The quantitative estimate of drug-likeness (QED) is 0.716. The van der Waals surface area contributed by atoms with Crippen LogP contribution < -0.4 is 0 Å². The molecular weight excluding hydrogens is 210 g/mol. The van der Waals surface area contributed by atoms with E-state index >= 15 is 0 Å². The minimum atomic E-state index is 0.0697. The molecule has 2 nitrogen and oxygen atoms in total. The maximum Gasteiger partial charge on any atom is 0.193 e. The lowest BCUT2D eigenvalue weighted by molar-refractivity contribution is 0.103. The highest BCUT2D eigenvalue weighted by molar-refractivity contribution is 6.09. The highest BCUT2D eigenvalue weighted by Gasteiger charge is 2.12. The molecular formula is C15H11NO. The van der Waals surface area contributed by atoms with E-state index in [9.17, 15) is 4.79 Å². The van der Waals surface area contributed by atoms with Crippen molar-refractivity contribution in [2.75, 3.05) is 0 Å². The molecule has 2 aromatic rings. The van der Waals surface area contributed by atoms with Crippen LogP contribution in [-0.2, 0) is 6.42 Å². The van der Waals surface area contributed by atoms with E-state index in [0.29, 0.717) is 0 Å². The normalized spacial score (nSPS) is 12.5. The standard InChI is InChI=1S/C15H11NO/c17-15(11-4-2-1-3-5-11)13-6-7-14-12(10-13)8-9-16-14/h1-7,9-10H,8H2. The van der Waals surface area contributed by atoms with Gasteiger partial charge in [0, 0.05) is 23.8 Å². The van der Waals surface area contributed by atoms with E-state index in [1.54, 1.807) is 0 Å². The molecule has 0 aromatic heterocycles. The van der Waals surface area contributed by atoms with E-state index in [0.717, 1.165) is 28.8 Å². The Morgan fingerprint density at radius 3 is 2.65 bits per heavy atom. The van der Waals surface area contributed by atoms with Crippen molar-refractivity contribution in [2.24, 2.45) is 4.99 Å². The summed E-state index contributed by atoms with van der Waals surface area (Å²) in [7, 11) is 0. The Morgan fingerprint density at radius 2 is 1.82 bits per heavy atom. The van der Waals surface area contributed by atoms with Gasteiger partial charge in [-0.05, 0) is 23.8 Å². The average molecular weight is 221 g/mol. The Labute approximate surface area is 99.6 Å². The number of carbonyl (C=O) groups is 1. The first-order chi connectivity index (χ1) is 8.34. The van der Waals surface area contributed by atoms with Crippen molar-refractivity contribution in [1.29, 1.82) is 0 Å². The van der Waals surface area contributed by atoms with Crippen LogP contribution >= 0.6 is 0 Å². The van der Waals surface area contributed by atoms with Crippen molar-refractivity contribution in [3.63, 3.8) is 0 Å². The van der Waals surface area contributed by atoms with Crippen molar-refractivity contribution in [1.82, 2.24) is 0 Å². The van der Waals surface area contributed by atoms with Crippen LogP contribution in [0.5, 0.6) is 0 Å². The molecule has 0 amide bonds. The molecule has 0 bridgehead atoms. The summed E-state index contributed by atoms with van der Waals surface area (Å²) in [5.41, 5.74) is 3.58. The number of hydrogen-bond acceptors (Lipinski definition) is 2. The first-order valence-corrected chi connectivity index (χ1v) is 5.60. The van der Waals surface area contributed by atoms with Gasteiger partial charge in [-0.3, -0.25) is 9.79 Å². The van der Waals surface area contributed by atoms with Crippen LogP contribution in [0.4, 0.5) is 5.69 Å². The van der Waals surface area contributed by atoms with Crippen LogP contribution in [0.3, 0.4) is 0 Å². The third-order valence-corrected chi connectivity index (χ3v) is 2.92. The van der Waals surface area contributed by atoms with Crippen molar-refractivity contribution in [2.45, 2.75) is 6.42 Å². The Bertz CT molecular complexity index is 600. The second kappa shape index (κ2) is 3.98. The highest BCUT2D eigenvalue weighted by Crippen LogP contribution is 2.25. The van der Waals surface area contributed by atoms with Crippen molar-refractivity contribution < 1.29 is 4.79 Å². The van der Waals surface area contributed by atoms with Crippen LogP contribution in [-0.4, -0.2) is 12.0 Å². The first kappa shape index (κ1) is 9.97. The van der Waals surface area contributed by atoms with Gasteiger partial charge in [0.2, 0.25) is 0 Å². The predicted molar refractivity (Wildman–Crippen MR) is 68.2 cm³/mol. The molecule has 0 aliphatic carbocycles. The molecule has 2 aromatic carbocycles. The lowest BCUT2D eigenvalue weighted by Gasteiger charge is -2.03. The maximum absolute atomic E-state index is 12.2. The van der Waals surface area contributed by atoms with E-state index in [1.165, 1.54) is 0 Å². The smallest absolute Gasteiger partial charge is 0.193 e. The molecule has 0 spiro atoms. The molecule has 0 saturated carbocycles. The van der Waals surface area contributed by atoms with E-state index in [1.807, 2.05) is 54.7 Å². The summed E-state index contributed by atoms with van der Waals surface area (Å²) in [6, 6.07) is 15.0. The third kappa shape index (κ3) is 1.78. The second-order valence-electron chi connectivity index (χ2n) is 4.05. The highest BCUT2D eigenvalue weighted by atomic mass is 16.1. The molecule has 0 N–H and O–H groups in total. The number of benzene rings is 2. The zero-order chi connectivity index (χ0) is 11.7. The van der Waals surface area contributed by atoms with Gasteiger partial charge in [0.15, 0.2) is 5.78 Å². The molecule has 1 aliphatic rings. The summed E-state index contributed by atoms with van der Waals surface area (Å²) >= 11 is 0. The molecule has 0 radical (unpaired) electrons. The number of ketones is 1. The third-order valence-electron chi connectivity index (χ3n) is 2.92. The second-order valence-corrected chi connectivity index (χ2v) is 4.05. The Hall–Kier alpha value is -2.22. The molecule has 0 atom stereocenters. The molecule has 0 unspecified atom stereocenters. The average Bonchev–Trinajstić information content (AvgIpc) is 2.86. The molecule has 0 fully saturated rings. The van der Waals surface area contributed by atoms with Gasteiger partial charge in [0.25, 0.3) is 0 Å². The SMILES string of the molecule is O=C(c1ccccc1)c1ccc2c(c1)CC=N2. The minimum absolute atomic E-state index is 0.0697. The number of aliphatic imine (C=N–C) groups is 1. The number of rotatable bonds is 2. The van der Waals surface area contributed by atoms with Crippen LogP contribution in [0, 0.1) is 0 Å². The molecule has 0 saturated heterocycles. The summed E-state index contributed by atoms with van der Waals surface area (Å²) in [5, 5.41) is 0. The largest absolute Gasteiger partial charge is 0.289 e. The van der Waals surface area contributed by atoms with Gasteiger partial charge in [-0.1, -0.05) is 30.3 Å². The van der Waals surface area contributed by atoms with Gasteiger partial charge in [-0.15, -0.1) is 0 Å².